The van der Waals surface area contributed by atoms with Gasteiger partial charge < -0.3 is 20.0 Å². The van der Waals surface area contributed by atoms with Gasteiger partial charge in [0.15, 0.2) is 5.58 Å². The zero-order valence-corrected chi connectivity index (χ0v) is 19.0. The molecule has 0 bridgehead atoms. The second-order valence-corrected chi connectivity index (χ2v) is 8.41. The maximum Gasteiger partial charge on any atom is 0.420 e. The van der Waals surface area contributed by atoms with Crippen molar-refractivity contribution in [2.75, 3.05) is 28.6 Å². The number of oxazole rings is 1. The van der Waals surface area contributed by atoms with E-state index in [2.05, 4.69) is 20.5 Å². The van der Waals surface area contributed by atoms with Crippen LogP contribution in [-0.4, -0.2) is 33.5 Å². The van der Waals surface area contributed by atoms with E-state index >= 15 is 0 Å². The number of benzene rings is 2. The predicted octanol–water partition coefficient (Wildman–Crippen LogP) is 4.07. The summed E-state index contributed by atoms with van der Waals surface area (Å²) in [6.45, 7) is 3.80. The molecular weight excluding hydrogens is 432 g/mol. The van der Waals surface area contributed by atoms with Crippen molar-refractivity contribution in [1.29, 1.82) is 0 Å². The number of aromatic nitrogens is 3. The van der Waals surface area contributed by atoms with Gasteiger partial charge in [0, 0.05) is 36.2 Å². The number of rotatable bonds is 6. The molecule has 3 heterocycles. The predicted molar refractivity (Wildman–Crippen MR) is 132 cm³/mol. The maximum atomic E-state index is 12.5. The van der Waals surface area contributed by atoms with Crippen LogP contribution in [0.3, 0.4) is 0 Å². The molecule has 0 unspecified atom stereocenters. The lowest BCUT2D eigenvalue weighted by atomic mass is 10.1. The first-order valence-corrected chi connectivity index (χ1v) is 11.4. The number of nitrogens with zero attached hydrogens (tertiary/aromatic N) is 4. The molecule has 9 nitrogen and oxygen atoms in total. The maximum absolute atomic E-state index is 12.5. The number of aryl methyl sites for hydroxylation is 1. The highest BCUT2D eigenvalue weighted by atomic mass is 16.4. The first-order valence-electron chi connectivity index (χ1n) is 11.4. The second kappa shape index (κ2) is 9.38. The normalized spacial score (nSPS) is 13.7. The molecular formula is C25H26N6O3. The molecule has 1 fully saturated rings. The van der Waals surface area contributed by atoms with E-state index < -0.39 is 5.76 Å². The monoisotopic (exact) mass is 458 g/mol. The molecule has 1 aliphatic heterocycles. The van der Waals surface area contributed by atoms with Crippen LogP contribution in [0.1, 0.15) is 25.0 Å². The summed E-state index contributed by atoms with van der Waals surface area (Å²) in [6, 6.07) is 16.3. The van der Waals surface area contributed by atoms with Crippen LogP contribution in [0.4, 0.5) is 23.1 Å². The Bertz CT molecular complexity index is 1370. The number of hydrogen-bond donors (Lipinski definition) is 2. The van der Waals surface area contributed by atoms with Gasteiger partial charge in [-0.25, -0.2) is 9.78 Å². The van der Waals surface area contributed by atoms with Gasteiger partial charge in [0.05, 0.1) is 5.52 Å². The molecule has 34 heavy (non-hydrogen) atoms. The van der Waals surface area contributed by atoms with Crippen molar-refractivity contribution in [3.63, 3.8) is 0 Å². The van der Waals surface area contributed by atoms with Crippen LogP contribution in [0.25, 0.3) is 11.1 Å². The molecule has 2 N–H and O–H groups in total. The third kappa shape index (κ3) is 4.78. The molecule has 0 saturated carbocycles. The van der Waals surface area contributed by atoms with Crippen molar-refractivity contribution in [2.24, 2.45) is 0 Å². The zero-order valence-electron chi connectivity index (χ0n) is 19.0. The quantitative estimate of drug-likeness (QED) is 0.449. The van der Waals surface area contributed by atoms with Crippen LogP contribution >= 0.6 is 0 Å². The Morgan fingerprint density at radius 3 is 2.53 bits per heavy atom. The fourth-order valence-electron chi connectivity index (χ4n) is 4.14. The summed E-state index contributed by atoms with van der Waals surface area (Å²) in [5.41, 5.74) is 3.43. The average molecular weight is 459 g/mol. The summed E-state index contributed by atoms with van der Waals surface area (Å²) in [5.74, 6) is 0.621. The highest BCUT2D eigenvalue weighted by Gasteiger charge is 2.15. The van der Waals surface area contributed by atoms with Gasteiger partial charge in [-0.2, -0.15) is 4.98 Å². The minimum Gasteiger partial charge on any atom is -0.408 e. The molecule has 1 amide bonds. The number of nitrogens with one attached hydrogen (secondary N) is 2. The van der Waals surface area contributed by atoms with E-state index in [9.17, 15) is 9.59 Å². The Morgan fingerprint density at radius 1 is 1.00 bits per heavy atom. The smallest absolute Gasteiger partial charge is 0.408 e. The molecule has 0 spiro atoms. The molecule has 2 aromatic carbocycles. The first-order chi connectivity index (χ1) is 16.5. The standard InChI is InChI=1S/C25H26N6O3/c1-17-15-22(29-24(26-17)30-13-5-2-6-14-30)27-18-9-11-19(12-10-18)28-23(32)16-31-20-7-3-4-8-21(20)34-25(31)33/h3-4,7-12,15H,2,5-6,13-14,16H2,1H3,(H,28,32)(H,26,27,29). The average Bonchev–Trinajstić information content (AvgIpc) is 3.15. The van der Waals surface area contributed by atoms with Gasteiger partial charge in [-0.15, -0.1) is 0 Å². The SMILES string of the molecule is Cc1cc(Nc2ccc(NC(=O)Cn3c(=O)oc4ccccc43)cc2)nc(N2CCCCC2)n1. The Hall–Kier alpha value is -4.14. The third-order valence-corrected chi connectivity index (χ3v) is 5.80. The van der Waals surface area contributed by atoms with Crippen molar-refractivity contribution in [2.45, 2.75) is 32.7 Å². The summed E-state index contributed by atoms with van der Waals surface area (Å²) < 4.78 is 6.50. The number of fused-ring (bicyclic) bond motifs is 1. The summed E-state index contributed by atoms with van der Waals surface area (Å²) >= 11 is 0. The Morgan fingerprint density at radius 2 is 1.74 bits per heavy atom. The molecule has 0 aliphatic carbocycles. The number of hydrogen-bond acceptors (Lipinski definition) is 7. The van der Waals surface area contributed by atoms with Crippen molar-refractivity contribution in [3.05, 3.63) is 70.8 Å². The number of piperidine rings is 1. The number of carbonyl (C=O) groups excluding carboxylic acids is 1. The molecule has 1 saturated heterocycles. The van der Waals surface area contributed by atoms with E-state index in [1.54, 1.807) is 36.4 Å². The molecule has 4 aromatic rings. The van der Waals surface area contributed by atoms with Crippen molar-refractivity contribution in [1.82, 2.24) is 14.5 Å². The highest BCUT2D eigenvalue weighted by molar-refractivity contribution is 5.91. The Labute approximate surface area is 196 Å². The van der Waals surface area contributed by atoms with E-state index in [-0.39, 0.29) is 12.5 Å². The highest BCUT2D eigenvalue weighted by Crippen LogP contribution is 2.22. The lowest BCUT2D eigenvalue weighted by Crippen LogP contribution is -2.31. The summed E-state index contributed by atoms with van der Waals surface area (Å²) in [5, 5.41) is 6.14. The summed E-state index contributed by atoms with van der Waals surface area (Å²) in [7, 11) is 0. The number of amides is 1. The third-order valence-electron chi connectivity index (χ3n) is 5.80. The van der Waals surface area contributed by atoms with Crippen LogP contribution in [0.15, 0.2) is 63.8 Å². The molecule has 0 atom stereocenters. The minimum absolute atomic E-state index is 0.130. The van der Waals surface area contributed by atoms with Gasteiger partial charge in [-0.05, 0) is 62.6 Å². The van der Waals surface area contributed by atoms with Crippen LogP contribution < -0.4 is 21.3 Å². The molecule has 0 radical (unpaired) electrons. The van der Waals surface area contributed by atoms with Gasteiger partial charge >= 0.3 is 5.76 Å². The lowest BCUT2D eigenvalue weighted by Gasteiger charge is -2.27. The van der Waals surface area contributed by atoms with Gasteiger partial charge in [0.25, 0.3) is 0 Å². The number of carbonyl (C=O) groups is 1. The molecule has 5 rings (SSSR count). The fraction of sp³-hybridized carbons (Fsp3) is 0.280. The van der Waals surface area contributed by atoms with E-state index in [0.717, 1.165) is 36.2 Å². The van der Waals surface area contributed by atoms with Crippen LogP contribution in [-0.2, 0) is 11.3 Å². The number of para-hydroxylation sites is 2. The summed E-state index contributed by atoms with van der Waals surface area (Å²) in [6.07, 6.45) is 3.59. The molecule has 9 heteroatoms. The topological polar surface area (TPSA) is 105 Å². The zero-order chi connectivity index (χ0) is 23.5. The van der Waals surface area contributed by atoms with Gasteiger partial charge in [-0.1, -0.05) is 12.1 Å². The Balaban J connectivity index is 1.24. The minimum atomic E-state index is -0.556. The van der Waals surface area contributed by atoms with Crippen molar-refractivity contribution >= 4 is 40.1 Å². The number of anilines is 4. The van der Waals surface area contributed by atoms with Gasteiger partial charge in [0.2, 0.25) is 11.9 Å². The summed E-state index contributed by atoms with van der Waals surface area (Å²) in [4.78, 5) is 36.1. The second-order valence-electron chi connectivity index (χ2n) is 8.41. The van der Waals surface area contributed by atoms with Crippen molar-refractivity contribution in [3.8, 4) is 0 Å². The largest absolute Gasteiger partial charge is 0.420 e. The van der Waals surface area contributed by atoms with Gasteiger partial charge in [-0.3, -0.25) is 9.36 Å². The lowest BCUT2D eigenvalue weighted by molar-refractivity contribution is -0.116. The molecule has 2 aromatic heterocycles. The van der Waals surface area contributed by atoms with Crippen LogP contribution in [0, 0.1) is 6.92 Å². The van der Waals surface area contributed by atoms with Crippen LogP contribution in [0.5, 0.6) is 0 Å². The molecule has 1 aliphatic rings. The fourth-order valence-corrected chi connectivity index (χ4v) is 4.14. The van der Waals surface area contributed by atoms with Gasteiger partial charge in [0.1, 0.15) is 12.4 Å². The van der Waals surface area contributed by atoms with Crippen molar-refractivity contribution < 1.29 is 9.21 Å². The Kier molecular flexibility index (Phi) is 5.99. The molecule has 174 valence electrons. The van der Waals surface area contributed by atoms with Crippen LogP contribution in [0.2, 0.25) is 0 Å². The van der Waals surface area contributed by atoms with E-state index in [1.165, 1.54) is 23.8 Å². The van der Waals surface area contributed by atoms with E-state index in [0.29, 0.717) is 16.8 Å². The van der Waals surface area contributed by atoms with E-state index in [1.807, 2.05) is 25.1 Å². The first kappa shape index (κ1) is 21.7. The van der Waals surface area contributed by atoms with E-state index in [4.69, 9.17) is 9.40 Å².